The first kappa shape index (κ1) is 27.9. The summed E-state index contributed by atoms with van der Waals surface area (Å²) >= 11 is 0. The molecule has 1 aliphatic carbocycles. The first-order valence-corrected chi connectivity index (χ1v) is 15.8. The molecule has 8 heteroatoms. The highest BCUT2D eigenvalue weighted by molar-refractivity contribution is 7.89. The second-order valence-electron chi connectivity index (χ2n) is 11.4. The molecule has 1 aliphatic heterocycles. The van der Waals surface area contributed by atoms with Crippen LogP contribution in [-0.4, -0.2) is 55.6 Å². The number of nitrogens with one attached hydrogen (secondary N) is 1. The Hall–Kier alpha value is -2.68. The highest BCUT2D eigenvalue weighted by Crippen LogP contribution is 2.31. The van der Waals surface area contributed by atoms with Gasteiger partial charge in [0.1, 0.15) is 0 Å². The number of nitrogens with zero attached hydrogens (tertiary/aromatic N) is 2. The van der Waals surface area contributed by atoms with Crippen molar-refractivity contribution in [3.8, 4) is 11.3 Å². The number of rotatable bonds is 7. The molecule has 1 amide bonds. The fourth-order valence-electron chi connectivity index (χ4n) is 6.09. The van der Waals surface area contributed by atoms with Crippen LogP contribution in [0.1, 0.15) is 52.0 Å². The lowest BCUT2D eigenvalue weighted by Crippen LogP contribution is -2.53. The Balaban J connectivity index is 1.26. The van der Waals surface area contributed by atoms with Gasteiger partial charge in [-0.1, -0.05) is 51.1 Å². The quantitative estimate of drug-likeness (QED) is 0.442. The summed E-state index contributed by atoms with van der Waals surface area (Å²) in [5.74, 6) is 0.499. The van der Waals surface area contributed by atoms with E-state index in [2.05, 4.69) is 60.4 Å². The number of carbonyl (C=O) groups excluding carboxylic acids is 1. The van der Waals surface area contributed by atoms with Gasteiger partial charge in [0.05, 0.1) is 24.2 Å². The molecule has 0 spiro atoms. The second-order valence-corrected chi connectivity index (χ2v) is 13.2. The van der Waals surface area contributed by atoms with Gasteiger partial charge in [-0.3, -0.25) is 4.79 Å². The molecule has 1 N–H and O–H groups in total. The summed E-state index contributed by atoms with van der Waals surface area (Å²) in [7, 11) is -1.71. The Morgan fingerprint density at radius 3 is 2.44 bits per heavy atom. The number of carbonyl (C=O) groups is 1. The van der Waals surface area contributed by atoms with E-state index in [1.54, 1.807) is 12.1 Å². The molecule has 1 atom stereocenters. The van der Waals surface area contributed by atoms with Crippen molar-refractivity contribution in [3.63, 3.8) is 0 Å². The van der Waals surface area contributed by atoms with Gasteiger partial charge in [-0.25, -0.2) is 13.1 Å². The SMILES string of the molecule is CCc1ccc(-c2cc3ccc(S(=O)(=O)N[C@H]4CC[C@H](C(=O)N5CCOC[C@@H]5C(C)C)CC4)cc3n2C)cc1. The van der Waals surface area contributed by atoms with Crippen molar-refractivity contribution in [2.75, 3.05) is 19.8 Å². The molecule has 2 aliphatic rings. The zero-order chi connectivity index (χ0) is 27.7. The minimum absolute atomic E-state index is 0.0466. The summed E-state index contributed by atoms with van der Waals surface area (Å²) in [4.78, 5) is 15.6. The number of sulfonamides is 1. The predicted octanol–water partition coefficient (Wildman–Crippen LogP) is 5.13. The van der Waals surface area contributed by atoms with Crippen molar-refractivity contribution < 1.29 is 17.9 Å². The number of morpholine rings is 1. The van der Waals surface area contributed by atoms with Crippen LogP contribution in [0.5, 0.6) is 0 Å². The Morgan fingerprint density at radius 1 is 1.05 bits per heavy atom. The standard InChI is InChI=1S/C31H41N3O4S/c1-5-22-6-8-23(9-7-22)28-18-25-12-15-27(19-29(25)33(28)4)39(36,37)32-26-13-10-24(11-14-26)31(35)34-16-17-38-20-30(34)21(2)3/h6-9,12,15,18-19,21,24,26,30,32H,5,10-11,13-14,16-17,20H2,1-4H3/t24-,26-,30-/m1/s1. The van der Waals surface area contributed by atoms with Crippen LogP contribution in [0.15, 0.2) is 53.4 Å². The molecule has 2 aromatic carbocycles. The number of hydrogen-bond acceptors (Lipinski definition) is 4. The molecular weight excluding hydrogens is 510 g/mol. The van der Waals surface area contributed by atoms with Crippen molar-refractivity contribution in [2.24, 2.45) is 18.9 Å². The van der Waals surface area contributed by atoms with Crippen LogP contribution in [0.2, 0.25) is 0 Å². The Bertz CT molecular complexity index is 1420. The molecule has 0 unspecified atom stereocenters. The van der Waals surface area contributed by atoms with Crippen molar-refractivity contribution in [1.82, 2.24) is 14.2 Å². The van der Waals surface area contributed by atoms with E-state index in [9.17, 15) is 13.2 Å². The first-order valence-electron chi connectivity index (χ1n) is 14.3. The van der Waals surface area contributed by atoms with E-state index in [1.165, 1.54) is 5.56 Å². The van der Waals surface area contributed by atoms with E-state index in [1.807, 2.05) is 18.0 Å². The molecule has 2 heterocycles. The number of amides is 1. The van der Waals surface area contributed by atoms with Crippen molar-refractivity contribution >= 4 is 26.8 Å². The fourth-order valence-corrected chi connectivity index (χ4v) is 7.42. The van der Waals surface area contributed by atoms with Crippen LogP contribution >= 0.6 is 0 Å². The summed E-state index contributed by atoms with van der Waals surface area (Å²) in [5, 5.41) is 1.01. The average Bonchev–Trinajstić information content (AvgIpc) is 3.28. The molecule has 1 saturated carbocycles. The summed E-state index contributed by atoms with van der Waals surface area (Å²) < 4.78 is 37.4. The molecule has 3 aromatic rings. The first-order chi connectivity index (χ1) is 18.7. The number of ether oxygens (including phenoxy) is 1. The number of aromatic nitrogens is 1. The van der Waals surface area contributed by atoms with Crippen LogP contribution < -0.4 is 4.72 Å². The lowest BCUT2D eigenvalue weighted by Gasteiger charge is -2.41. The van der Waals surface area contributed by atoms with Crippen molar-refractivity contribution in [2.45, 2.75) is 69.9 Å². The van der Waals surface area contributed by atoms with E-state index in [-0.39, 0.29) is 28.8 Å². The number of benzene rings is 2. The second kappa shape index (κ2) is 11.4. The van der Waals surface area contributed by atoms with Gasteiger partial charge < -0.3 is 14.2 Å². The Morgan fingerprint density at radius 2 is 1.77 bits per heavy atom. The van der Waals surface area contributed by atoms with Gasteiger partial charge in [0, 0.05) is 42.1 Å². The predicted molar refractivity (Wildman–Crippen MR) is 155 cm³/mol. The minimum Gasteiger partial charge on any atom is -0.377 e. The van der Waals surface area contributed by atoms with E-state index < -0.39 is 10.0 Å². The van der Waals surface area contributed by atoms with Crippen LogP contribution in [0.3, 0.4) is 0 Å². The van der Waals surface area contributed by atoms with E-state index in [0.29, 0.717) is 51.4 Å². The maximum Gasteiger partial charge on any atom is 0.240 e. The Kier molecular flexibility index (Phi) is 8.17. The van der Waals surface area contributed by atoms with E-state index in [4.69, 9.17) is 4.74 Å². The lowest BCUT2D eigenvalue weighted by molar-refractivity contribution is -0.147. The smallest absolute Gasteiger partial charge is 0.240 e. The topological polar surface area (TPSA) is 80.6 Å². The third-order valence-electron chi connectivity index (χ3n) is 8.60. The van der Waals surface area contributed by atoms with Crippen molar-refractivity contribution in [3.05, 3.63) is 54.1 Å². The number of aryl methyl sites for hydroxylation is 2. The third-order valence-corrected chi connectivity index (χ3v) is 10.1. The summed E-state index contributed by atoms with van der Waals surface area (Å²) in [6.45, 7) is 8.21. The Labute approximate surface area is 232 Å². The van der Waals surface area contributed by atoms with Crippen molar-refractivity contribution in [1.29, 1.82) is 0 Å². The molecule has 0 radical (unpaired) electrons. The molecule has 1 saturated heterocycles. The monoisotopic (exact) mass is 551 g/mol. The molecule has 1 aromatic heterocycles. The van der Waals surface area contributed by atoms with Crippen LogP contribution in [0.4, 0.5) is 0 Å². The average molecular weight is 552 g/mol. The lowest BCUT2D eigenvalue weighted by atomic mass is 9.85. The fraction of sp³-hybridized carbons (Fsp3) is 0.516. The highest BCUT2D eigenvalue weighted by Gasteiger charge is 2.36. The van der Waals surface area contributed by atoms with Gasteiger partial charge in [0.2, 0.25) is 15.9 Å². The molecule has 0 bridgehead atoms. The molecule has 2 fully saturated rings. The van der Waals surface area contributed by atoms with E-state index >= 15 is 0 Å². The summed E-state index contributed by atoms with van der Waals surface area (Å²) in [5.41, 5.74) is 4.33. The molecule has 39 heavy (non-hydrogen) atoms. The van der Waals surface area contributed by atoms with Gasteiger partial charge in [-0.05, 0) is 67.3 Å². The number of hydrogen-bond donors (Lipinski definition) is 1. The normalized spacial score (nSPS) is 22.5. The maximum atomic E-state index is 13.4. The third kappa shape index (κ3) is 5.79. The van der Waals surface area contributed by atoms with Gasteiger partial charge in [-0.2, -0.15) is 0 Å². The molecular formula is C31H41N3O4S. The maximum absolute atomic E-state index is 13.4. The summed E-state index contributed by atoms with van der Waals surface area (Å²) in [6, 6.07) is 15.9. The van der Waals surface area contributed by atoms with Crippen LogP contribution in [-0.2, 0) is 33.0 Å². The van der Waals surface area contributed by atoms with E-state index in [0.717, 1.165) is 28.6 Å². The van der Waals surface area contributed by atoms with Crippen LogP contribution in [0.25, 0.3) is 22.2 Å². The van der Waals surface area contributed by atoms with Crippen LogP contribution in [0, 0.1) is 11.8 Å². The molecule has 210 valence electrons. The minimum atomic E-state index is -3.69. The zero-order valence-corrected chi connectivity index (χ0v) is 24.3. The molecule has 5 rings (SSSR count). The van der Waals surface area contributed by atoms with Gasteiger partial charge >= 0.3 is 0 Å². The van der Waals surface area contributed by atoms with Gasteiger partial charge in [-0.15, -0.1) is 0 Å². The molecule has 7 nitrogen and oxygen atoms in total. The number of fused-ring (bicyclic) bond motifs is 1. The van der Waals surface area contributed by atoms with Gasteiger partial charge in [0.15, 0.2) is 0 Å². The largest absolute Gasteiger partial charge is 0.377 e. The van der Waals surface area contributed by atoms with Gasteiger partial charge in [0.25, 0.3) is 0 Å². The summed E-state index contributed by atoms with van der Waals surface area (Å²) in [6.07, 6.45) is 3.72. The zero-order valence-electron chi connectivity index (χ0n) is 23.5. The highest BCUT2D eigenvalue weighted by atomic mass is 32.2.